The van der Waals surface area contributed by atoms with Crippen molar-refractivity contribution in [2.24, 2.45) is 0 Å². The Bertz CT molecular complexity index is 1620. The fourth-order valence-corrected chi connectivity index (χ4v) is 5.18. The number of aromatic nitrogens is 3. The molecule has 0 radical (unpaired) electrons. The van der Waals surface area contributed by atoms with Gasteiger partial charge in [-0.15, -0.1) is 0 Å². The van der Waals surface area contributed by atoms with Crippen molar-refractivity contribution in [2.75, 3.05) is 24.3 Å². The molecule has 0 aliphatic carbocycles. The van der Waals surface area contributed by atoms with Gasteiger partial charge in [0.2, 0.25) is 0 Å². The van der Waals surface area contributed by atoms with Crippen LogP contribution in [-0.4, -0.2) is 39.4 Å². The van der Waals surface area contributed by atoms with E-state index >= 15 is 0 Å². The molecular weight excluding hydrogens is 491 g/mol. The number of hydrogen-bond donors (Lipinski definition) is 1. The van der Waals surface area contributed by atoms with Crippen LogP contribution in [0.5, 0.6) is 0 Å². The van der Waals surface area contributed by atoms with E-state index in [-0.39, 0.29) is 17.9 Å². The number of halogens is 1. The predicted molar refractivity (Wildman–Crippen MR) is 151 cm³/mol. The maximum Gasteiger partial charge on any atom is 0.322 e. The third kappa shape index (κ3) is 4.44. The van der Waals surface area contributed by atoms with Crippen LogP contribution in [0.25, 0.3) is 11.5 Å². The Morgan fingerprint density at radius 1 is 0.949 bits per heavy atom. The number of urea groups is 1. The molecule has 2 aromatic heterocycles. The number of anilines is 2. The first-order chi connectivity index (χ1) is 18.9. The van der Waals surface area contributed by atoms with E-state index in [1.54, 1.807) is 12.1 Å². The van der Waals surface area contributed by atoms with E-state index in [0.717, 1.165) is 39.7 Å². The minimum Gasteiger partial charge on any atom is -0.378 e. The van der Waals surface area contributed by atoms with Crippen molar-refractivity contribution in [1.29, 1.82) is 0 Å². The zero-order chi connectivity index (χ0) is 27.1. The molecule has 0 bridgehead atoms. The molecule has 7 nitrogen and oxygen atoms in total. The summed E-state index contributed by atoms with van der Waals surface area (Å²) in [6, 6.07) is 27.5. The Morgan fingerprint density at radius 2 is 1.67 bits per heavy atom. The summed E-state index contributed by atoms with van der Waals surface area (Å²) in [4.78, 5) is 17.8. The van der Waals surface area contributed by atoms with Gasteiger partial charge in [-0.1, -0.05) is 30.3 Å². The molecule has 0 spiro atoms. The molecule has 2 amide bonds. The normalized spacial score (nSPS) is 14.4. The molecule has 1 aliphatic rings. The third-order valence-electron chi connectivity index (χ3n) is 7.17. The molecule has 0 fully saturated rings. The number of para-hydroxylation sites is 1. The standard InChI is InChI=1S/C31H29FN6O/c1-21-27-20-37(31(39)33-24-15-13-23(32)14-16-24)29(22-11-17-25(18-12-22)35(2)3)28-10-7-19-36(28)30(27)38(34-21)26-8-5-4-6-9-26/h4-19,29H,20H2,1-3H3,(H,33,39). The van der Waals surface area contributed by atoms with Crippen LogP contribution in [0.2, 0.25) is 0 Å². The van der Waals surface area contributed by atoms with Gasteiger partial charge in [0.15, 0.2) is 0 Å². The van der Waals surface area contributed by atoms with Crippen LogP contribution in [0.4, 0.5) is 20.6 Å². The van der Waals surface area contributed by atoms with Crippen molar-refractivity contribution in [1.82, 2.24) is 19.2 Å². The lowest BCUT2D eigenvalue weighted by Gasteiger charge is -2.31. The number of benzene rings is 3. The molecular formula is C31H29FN6O. The minimum atomic E-state index is -0.382. The average molecular weight is 521 g/mol. The SMILES string of the molecule is Cc1nn(-c2ccccc2)c2c1CN(C(=O)Nc1ccc(F)cc1)C(c1ccc(N(C)C)cc1)c1cccn1-2. The number of fused-ring (bicyclic) bond motifs is 3. The van der Waals surface area contributed by atoms with Crippen molar-refractivity contribution >= 4 is 17.4 Å². The zero-order valence-electron chi connectivity index (χ0n) is 22.0. The highest BCUT2D eigenvalue weighted by Gasteiger charge is 2.36. The molecule has 0 saturated heterocycles. The quantitative estimate of drug-likeness (QED) is 0.302. The van der Waals surface area contributed by atoms with Crippen LogP contribution in [0.15, 0.2) is 97.2 Å². The van der Waals surface area contributed by atoms with E-state index in [0.29, 0.717) is 12.2 Å². The summed E-state index contributed by atoms with van der Waals surface area (Å²) >= 11 is 0. The van der Waals surface area contributed by atoms with Crippen LogP contribution in [0.1, 0.15) is 28.6 Å². The fourth-order valence-electron chi connectivity index (χ4n) is 5.18. The first-order valence-electron chi connectivity index (χ1n) is 12.8. The molecule has 39 heavy (non-hydrogen) atoms. The topological polar surface area (TPSA) is 58.3 Å². The average Bonchev–Trinajstić information content (AvgIpc) is 3.51. The second kappa shape index (κ2) is 9.79. The molecule has 1 atom stereocenters. The summed E-state index contributed by atoms with van der Waals surface area (Å²) in [7, 11) is 4.01. The van der Waals surface area contributed by atoms with Crippen molar-refractivity contribution in [2.45, 2.75) is 19.5 Å². The largest absolute Gasteiger partial charge is 0.378 e. The highest BCUT2D eigenvalue weighted by molar-refractivity contribution is 5.90. The molecule has 0 saturated carbocycles. The molecule has 3 heterocycles. The molecule has 1 N–H and O–H groups in total. The second-order valence-electron chi connectivity index (χ2n) is 9.89. The van der Waals surface area contributed by atoms with E-state index in [4.69, 9.17) is 5.10 Å². The first-order valence-corrected chi connectivity index (χ1v) is 12.8. The van der Waals surface area contributed by atoms with Gasteiger partial charge >= 0.3 is 6.03 Å². The lowest BCUT2D eigenvalue weighted by atomic mass is 10.0. The number of nitrogens with one attached hydrogen (secondary N) is 1. The van der Waals surface area contributed by atoms with Crippen molar-refractivity contribution in [3.8, 4) is 11.5 Å². The van der Waals surface area contributed by atoms with Crippen LogP contribution in [-0.2, 0) is 6.54 Å². The number of hydrogen-bond acceptors (Lipinski definition) is 3. The van der Waals surface area contributed by atoms with E-state index in [2.05, 4.69) is 40.2 Å². The summed E-state index contributed by atoms with van der Waals surface area (Å²) in [5.41, 5.74) is 6.27. The fraction of sp³-hybridized carbons (Fsp3) is 0.161. The number of carbonyl (C=O) groups is 1. The number of carbonyl (C=O) groups excluding carboxylic acids is 1. The summed E-state index contributed by atoms with van der Waals surface area (Å²) in [5.74, 6) is 0.554. The van der Waals surface area contributed by atoms with Crippen LogP contribution < -0.4 is 10.2 Å². The van der Waals surface area contributed by atoms with Gasteiger partial charge in [-0.25, -0.2) is 13.9 Å². The van der Waals surface area contributed by atoms with E-state index in [9.17, 15) is 9.18 Å². The number of nitrogens with zero attached hydrogens (tertiary/aromatic N) is 5. The van der Waals surface area contributed by atoms with Gasteiger partial charge in [0, 0.05) is 37.2 Å². The molecule has 1 aliphatic heterocycles. The lowest BCUT2D eigenvalue weighted by Crippen LogP contribution is -2.38. The number of amides is 2. The molecule has 8 heteroatoms. The Hall–Kier alpha value is -4.85. The maximum absolute atomic E-state index is 14.0. The van der Waals surface area contributed by atoms with Gasteiger partial charge in [0.05, 0.1) is 29.7 Å². The molecule has 3 aromatic carbocycles. The van der Waals surface area contributed by atoms with E-state index in [1.807, 2.05) is 78.1 Å². The molecule has 6 rings (SSSR count). The van der Waals surface area contributed by atoms with Gasteiger partial charge in [0.25, 0.3) is 0 Å². The van der Waals surface area contributed by atoms with Crippen molar-refractivity contribution in [3.05, 3.63) is 126 Å². The van der Waals surface area contributed by atoms with Crippen LogP contribution in [0, 0.1) is 12.7 Å². The second-order valence-corrected chi connectivity index (χ2v) is 9.89. The Morgan fingerprint density at radius 3 is 2.36 bits per heavy atom. The van der Waals surface area contributed by atoms with Gasteiger partial charge in [-0.2, -0.15) is 5.10 Å². The first kappa shape index (κ1) is 24.5. The lowest BCUT2D eigenvalue weighted by molar-refractivity contribution is 0.194. The summed E-state index contributed by atoms with van der Waals surface area (Å²) in [5, 5.41) is 7.87. The maximum atomic E-state index is 14.0. The monoisotopic (exact) mass is 520 g/mol. The number of aryl methyl sites for hydroxylation is 1. The smallest absolute Gasteiger partial charge is 0.322 e. The molecule has 5 aromatic rings. The Kier molecular flexibility index (Phi) is 6.15. The molecule has 1 unspecified atom stereocenters. The van der Waals surface area contributed by atoms with E-state index in [1.165, 1.54) is 12.1 Å². The summed E-state index contributed by atoms with van der Waals surface area (Å²) < 4.78 is 17.6. The van der Waals surface area contributed by atoms with Gasteiger partial charge in [-0.05, 0) is 73.2 Å². The summed E-state index contributed by atoms with van der Waals surface area (Å²) in [6.45, 7) is 2.31. The summed E-state index contributed by atoms with van der Waals surface area (Å²) in [6.07, 6.45) is 2.03. The zero-order valence-corrected chi connectivity index (χ0v) is 22.0. The highest BCUT2D eigenvalue weighted by Crippen LogP contribution is 2.39. The Labute approximate surface area is 226 Å². The van der Waals surface area contributed by atoms with Gasteiger partial charge < -0.3 is 19.7 Å². The van der Waals surface area contributed by atoms with Gasteiger partial charge in [0.1, 0.15) is 11.6 Å². The van der Waals surface area contributed by atoms with Crippen molar-refractivity contribution in [3.63, 3.8) is 0 Å². The van der Waals surface area contributed by atoms with Gasteiger partial charge in [-0.3, -0.25) is 0 Å². The number of rotatable bonds is 4. The Balaban J connectivity index is 1.52. The highest BCUT2D eigenvalue weighted by atomic mass is 19.1. The van der Waals surface area contributed by atoms with Crippen LogP contribution >= 0.6 is 0 Å². The molecule has 196 valence electrons. The van der Waals surface area contributed by atoms with Crippen LogP contribution in [0.3, 0.4) is 0 Å². The third-order valence-corrected chi connectivity index (χ3v) is 7.17. The minimum absolute atomic E-state index is 0.282. The predicted octanol–water partition coefficient (Wildman–Crippen LogP) is 6.31. The van der Waals surface area contributed by atoms with E-state index < -0.39 is 0 Å². The van der Waals surface area contributed by atoms with Crippen molar-refractivity contribution < 1.29 is 9.18 Å².